The summed E-state index contributed by atoms with van der Waals surface area (Å²) >= 11 is 17.7. The molecule has 0 unspecified atom stereocenters. The first-order chi connectivity index (χ1) is 17.4. The summed E-state index contributed by atoms with van der Waals surface area (Å²) < 4.78 is 0. The van der Waals surface area contributed by atoms with Gasteiger partial charge >= 0.3 is 0 Å². The van der Waals surface area contributed by atoms with Crippen molar-refractivity contribution in [1.29, 1.82) is 0 Å². The summed E-state index contributed by atoms with van der Waals surface area (Å²) in [6.07, 6.45) is 3.44. The van der Waals surface area contributed by atoms with Gasteiger partial charge in [0.05, 0.1) is 22.0 Å². The number of nitrogens with zero attached hydrogens (tertiary/aromatic N) is 2. The lowest BCUT2D eigenvalue weighted by atomic mass is 10.2. The molecule has 184 valence electrons. The number of thiocarbonyl (C=S) groups is 1. The minimum atomic E-state index is -0.405. The molecule has 0 spiro atoms. The van der Waals surface area contributed by atoms with Gasteiger partial charge in [-0.2, -0.15) is 0 Å². The number of piperazine rings is 1. The highest BCUT2D eigenvalue weighted by Gasteiger charge is 2.22. The van der Waals surface area contributed by atoms with Crippen LogP contribution in [0.3, 0.4) is 0 Å². The number of carbonyl (C=O) groups is 2. The number of anilines is 2. The maximum atomic E-state index is 12.6. The minimum Gasteiger partial charge on any atom is -0.366 e. The summed E-state index contributed by atoms with van der Waals surface area (Å²) in [4.78, 5) is 29.2. The fourth-order valence-corrected chi connectivity index (χ4v) is 4.45. The molecule has 0 atom stereocenters. The number of amides is 2. The molecule has 1 aliphatic heterocycles. The Balaban J connectivity index is 1.38. The zero-order chi connectivity index (χ0) is 25.5. The fraction of sp³-hybridized carbons (Fsp3) is 0.148. The number of benzene rings is 3. The van der Waals surface area contributed by atoms with E-state index in [1.807, 2.05) is 47.4 Å². The van der Waals surface area contributed by atoms with Crippen LogP contribution in [0.25, 0.3) is 6.08 Å². The predicted molar refractivity (Wildman–Crippen MR) is 151 cm³/mol. The van der Waals surface area contributed by atoms with Crippen LogP contribution >= 0.6 is 35.4 Å². The lowest BCUT2D eigenvalue weighted by Gasteiger charge is -2.36. The third kappa shape index (κ3) is 6.63. The SMILES string of the molecule is O=C(NC(=S)Nc1cc(Cl)ccc1N1CCN(C(=O)/C=C/c2ccccc2)CC1)c1ccccc1Cl. The molecule has 4 rings (SSSR count). The molecule has 1 fully saturated rings. The third-order valence-electron chi connectivity index (χ3n) is 5.70. The van der Waals surface area contributed by atoms with Crippen LogP contribution in [0.4, 0.5) is 11.4 Å². The van der Waals surface area contributed by atoms with Crippen molar-refractivity contribution in [3.8, 4) is 0 Å². The molecular weight excluding hydrogens is 515 g/mol. The third-order valence-corrected chi connectivity index (χ3v) is 6.47. The zero-order valence-electron chi connectivity index (χ0n) is 19.3. The first kappa shape index (κ1) is 25.7. The van der Waals surface area contributed by atoms with Crippen LogP contribution in [0.1, 0.15) is 15.9 Å². The van der Waals surface area contributed by atoms with Crippen LogP contribution in [0.5, 0.6) is 0 Å². The van der Waals surface area contributed by atoms with Gasteiger partial charge in [0, 0.05) is 37.3 Å². The van der Waals surface area contributed by atoms with E-state index in [0.29, 0.717) is 47.5 Å². The normalized spacial score (nSPS) is 13.5. The molecule has 3 aromatic rings. The molecule has 2 amide bonds. The Bertz CT molecular complexity index is 1290. The highest BCUT2D eigenvalue weighted by molar-refractivity contribution is 7.80. The molecule has 9 heteroatoms. The highest BCUT2D eigenvalue weighted by Crippen LogP contribution is 2.30. The number of carbonyl (C=O) groups excluding carboxylic acids is 2. The molecule has 2 N–H and O–H groups in total. The van der Waals surface area contributed by atoms with Gasteiger partial charge in [0.15, 0.2) is 5.11 Å². The van der Waals surface area contributed by atoms with Crippen molar-refractivity contribution in [2.45, 2.75) is 0 Å². The van der Waals surface area contributed by atoms with Crippen LogP contribution < -0.4 is 15.5 Å². The zero-order valence-corrected chi connectivity index (χ0v) is 21.6. The Kier molecular flexibility index (Phi) is 8.59. The summed E-state index contributed by atoms with van der Waals surface area (Å²) in [5.74, 6) is -0.422. The molecular formula is C27H24Cl2N4O2S. The van der Waals surface area contributed by atoms with Gasteiger partial charge in [0.25, 0.3) is 5.91 Å². The average Bonchev–Trinajstić information content (AvgIpc) is 2.88. The van der Waals surface area contributed by atoms with Crippen LogP contribution in [0.2, 0.25) is 10.0 Å². The van der Waals surface area contributed by atoms with E-state index in [1.165, 1.54) is 0 Å². The van der Waals surface area contributed by atoms with Crippen molar-refractivity contribution in [3.05, 3.63) is 100 Å². The molecule has 1 heterocycles. The highest BCUT2D eigenvalue weighted by atomic mass is 35.5. The van der Waals surface area contributed by atoms with Gasteiger partial charge in [-0.25, -0.2) is 0 Å². The average molecular weight is 539 g/mol. The van der Waals surface area contributed by atoms with Crippen molar-refractivity contribution >= 4 is 69.8 Å². The molecule has 0 bridgehead atoms. The van der Waals surface area contributed by atoms with E-state index < -0.39 is 5.91 Å². The number of nitrogens with one attached hydrogen (secondary N) is 2. The van der Waals surface area contributed by atoms with Gasteiger partial charge in [-0.3, -0.25) is 14.9 Å². The molecule has 0 aliphatic carbocycles. The monoisotopic (exact) mass is 538 g/mol. The Hall–Kier alpha value is -3.39. The van der Waals surface area contributed by atoms with E-state index in [0.717, 1.165) is 11.3 Å². The number of rotatable bonds is 5. The molecule has 0 radical (unpaired) electrons. The van der Waals surface area contributed by atoms with Crippen LogP contribution in [0, 0.1) is 0 Å². The van der Waals surface area contributed by atoms with Crippen molar-refractivity contribution in [2.75, 3.05) is 36.4 Å². The first-order valence-electron chi connectivity index (χ1n) is 11.3. The van der Waals surface area contributed by atoms with Crippen LogP contribution in [0.15, 0.2) is 78.9 Å². The molecule has 3 aromatic carbocycles. The minimum absolute atomic E-state index is 0.0172. The molecule has 1 saturated heterocycles. The van der Waals surface area contributed by atoms with Crippen molar-refractivity contribution in [1.82, 2.24) is 10.2 Å². The van der Waals surface area contributed by atoms with Gasteiger partial charge in [0.1, 0.15) is 0 Å². The van der Waals surface area contributed by atoms with Gasteiger partial charge < -0.3 is 15.1 Å². The van der Waals surface area contributed by atoms with Gasteiger partial charge in [-0.1, -0.05) is 65.7 Å². The summed E-state index contributed by atoms with van der Waals surface area (Å²) in [5, 5.41) is 6.74. The summed E-state index contributed by atoms with van der Waals surface area (Å²) in [5.41, 5.74) is 2.85. The quantitative estimate of drug-likeness (QED) is 0.332. The molecule has 0 aromatic heterocycles. The number of hydrogen-bond donors (Lipinski definition) is 2. The maximum Gasteiger partial charge on any atom is 0.258 e. The summed E-state index contributed by atoms with van der Waals surface area (Å²) in [7, 11) is 0. The van der Waals surface area contributed by atoms with Crippen LogP contribution in [-0.2, 0) is 4.79 Å². The second-order valence-corrected chi connectivity index (χ2v) is 9.36. The maximum absolute atomic E-state index is 12.6. The Labute approximate surface area is 225 Å². The Morgan fingerprint density at radius 2 is 1.58 bits per heavy atom. The van der Waals surface area contributed by atoms with E-state index in [1.54, 1.807) is 42.5 Å². The molecule has 36 heavy (non-hydrogen) atoms. The van der Waals surface area contributed by atoms with Gasteiger partial charge in [-0.15, -0.1) is 0 Å². The largest absolute Gasteiger partial charge is 0.366 e. The predicted octanol–water partition coefficient (Wildman–Crippen LogP) is 5.48. The molecule has 1 aliphatic rings. The Morgan fingerprint density at radius 1 is 0.889 bits per heavy atom. The van der Waals surface area contributed by atoms with E-state index >= 15 is 0 Å². The van der Waals surface area contributed by atoms with Crippen LogP contribution in [-0.4, -0.2) is 48.0 Å². The Morgan fingerprint density at radius 3 is 2.31 bits per heavy atom. The fourth-order valence-electron chi connectivity index (χ4n) is 3.86. The van der Waals surface area contributed by atoms with Crippen molar-refractivity contribution in [2.24, 2.45) is 0 Å². The van der Waals surface area contributed by atoms with E-state index in [2.05, 4.69) is 15.5 Å². The first-order valence-corrected chi connectivity index (χ1v) is 12.5. The van der Waals surface area contributed by atoms with Crippen molar-refractivity contribution in [3.63, 3.8) is 0 Å². The lowest BCUT2D eigenvalue weighted by molar-refractivity contribution is -0.126. The van der Waals surface area contributed by atoms with E-state index in [9.17, 15) is 9.59 Å². The van der Waals surface area contributed by atoms with Crippen molar-refractivity contribution < 1.29 is 9.59 Å². The number of hydrogen-bond acceptors (Lipinski definition) is 4. The summed E-state index contributed by atoms with van der Waals surface area (Å²) in [6, 6.07) is 21.9. The van der Waals surface area contributed by atoms with E-state index in [4.69, 9.17) is 35.4 Å². The lowest BCUT2D eigenvalue weighted by Crippen LogP contribution is -2.48. The second-order valence-electron chi connectivity index (χ2n) is 8.11. The number of halogens is 2. The standard InChI is InChI=1S/C27H24Cl2N4O2S/c28-20-11-12-24(23(18-20)30-27(36)31-26(35)21-8-4-5-9-22(21)29)32-14-16-33(17-15-32)25(34)13-10-19-6-2-1-3-7-19/h1-13,18H,14-17H2,(H2,30,31,35,36)/b13-10+. The van der Waals surface area contributed by atoms with Gasteiger partial charge in [-0.05, 0) is 54.2 Å². The molecule has 6 nitrogen and oxygen atoms in total. The molecule has 0 saturated carbocycles. The smallest absolute Gasteiger partial charge is 0.258 e. The summed E-state index contributed by atoms with van der Waals surface area (Å²) in [6.45, 7) is 2.43. The topological polar surface area (TPSA) is 64.7 Å². The van der Waals surface area contributed by atoms with E-state index in [-0.39, 0.29) is 11.0 Å². The van der Waals surface area contributed by atoms with Gasteiger partial charge in [0.2, 0.25) is 5.91 Å². The second kappa shape index (κ2) is 12.0.